The second-order valence-electron chi connectivity index (χ2n) is 3.18. The van der Waals surface area contributed by atoms with Crippen molar-refractivity contribution in [3.8, 4) is 0 Å². The molecule has 1 aromatic heterocycles. The van der Waals surface area contributed by atoms with E-state index >= 15 is 0 Å². The molecule has 0 unspecified atom stereocenters. The molecule has 1 rings (SSSR count). The van der Waals surface area contributed by atoms with Crippen LogP contribution in [-0.2, 0) is 0 Å². The van der Waals surface area contributed by atoms with Gasteiger partial charge in [-0.1, -0.05) is 0 Å². The molecule has 0 atom stereocenters. The Bertz CT molecular complexity index is 276. The first-order valence-electron chi connectivity index (χ1n) is 4.20. The summed E-state index contributed by atoms with van der Waals surface area (Å²) in [5.41, 5.74) is 0. The maximum atomic E-state index is 9.20. The molecule has 0 aliphatic rings. The van der Waals surface area contributed by atoms with E-state index in [1.165, 1.54) is 14.1 Å². The molecule has 0 saturated heterocycles. The second kappa shape index (κ2) is 4.24. The molecule has 0 amide bonds. The third-order valence-electron chi connectivity index (χ3n) is 1.58. The van der Waals surface area contributed by atoms with Crippen LogP contribution in [0.15, 0.2) is 0 Å². The zero-order valence-corrected chi connectivity index (χ0v) is 9.08. The van der Waals surface area contributed by atoms with E-state index in [1.54, 1.807) is 19.0 Å². The Hall–Kier alpha value is -1.67. The van der Waals surface area contributed by atoms with Gasteiger partial charge in [0.05, 0.1) is 0 Å². The number of anilines is 3. The highest BCUT2D eigenvalue weighted by molar-refractivity contribution is 5.42. The molecule has 15 heavy (non-hydrogen) atoms. The molecule has 84 valence electrons. The molecular formula is C7H14N6O2. The number of hydroxylamine groups is 2. The van der Waals surface area contributed by atoms with Crippen molar-refractivity contribution in [3.05, 3.63) is 0 Å². The molecule has 0 aliphatic heterocycles. The lowest BCUT2D eigenvalue weighted by molar-refractivity contribution is 0.263. The summed E-state index contributed by atoms with van der Waals surface area (Å²) in [6.07, 6.45) is 0. The Labute approximate surface area is 87.3 Å². The smallest absolute Gasteiger partial charge is 0.256 e. The highest BCUT2D eigenvalue weighted by atomic mass is 16.5. The lowest BCUT2D eigenvalue weighted by Crippen LogP contribution is -2.23. The largest absolute Gasteiger partial charge is 0.347 e. The molecule has 0 saturated carbocycles. The molecule has 8 heteroatoms. The molecule has 0 aromatic carbocycles. The highest BCUT2D eigenvalue weighted by Gasteiger charge is 2.12. The Kier molecular flexibility index (Phi) is 3.22. The van der Waals surface area contributed by atoms with Gasteiger partial charge in [-0.3, -0.25) is 10.4 Å². The topological polar surface area (TPSA) is 88.9 Å². The summed E-state index contributed by atoms with van der Waals surface area (Å²) < 4.78 is 0. The molecule has 0 radical (unpaired) electrons. The third kappa shape index (κ3) is 2.64. The van der Waals surface area contributed by atoms with E-state index in [4.69, 9.17) is 0 Å². The van der Waals surface area contributed by atoms with Crippen LogP contribution in [0.4, 0.5) is 17.8 Å². The van der Waals surface area contributed by atoms with Crippen LogP contribution in [0.3, 0.4) is 0 Å². The first kappa shape index (κ1) is 11.4. The molecule has 2 N–H and O–H groups in total. The fourth-order valence-electron chi connectivity index (χ4n) is 0.833. The average molecular weight is 214 g/mol. The van der Waals surface area contributed by atoms with Crippen LogP contribution in [0.25, 0.3) is 0 Å². The van der Waals surface area contributed by atoms with Crippen molar-refractivity contribution in [2.45, 2.75) is 0 Å². The van der Waals surface area contributed by atoms with Gasteiger partial charge in [0.25, 0.3) is 11.9 Å². The van der Waals surface area contributed by atoms with E-state index in [9.17, 15) is 10.4 Å². The van der Waals surface area contributed by atoms with E-state index in [0.29, 0.717) is 5.95 Å². The summed E-state index contributed by atoms with van der Waals surface area (Å²) in [5, 5.41) is 19.9. The summed E-state index contributed by atoms with van der Waals surface area (Å²) in [7, 11) is 6.27. The zero-order valence-electron chi connectivity index (χ0n) is 9.08. The van der Waals surface area contributed by atoms with Gasteiger partial charge in [0, 0.05) is 28.2 Å². The van der Waals surface area contributed by atoms with Gasteiger partial charge >= 0.3 is 0 Å². The van der Waals surface area contributed by atoms with E-state index in [-0.39, 0.29) is 11.9 Å². The SMILES string of the molecule is CN(C)c1nc(N(C)O)nc(N(C)O)n1. The first-order chi connectivity index (χ1) is 6.91. The third-order valence-corrected chi connectivity index (χ3v) is 1.58. The Morgan fingerprint density at radius 2 is 1.07 bits per heavy atom. The van der Waals surface area contributed by atoms with Crippen LogP contribution in [-0.4, -0.2) is 53.6 Å². The first-order valence-corrected chi connectivity index (χ1v) is 4.20. The fourth-order valence-corrected chi connectivity index (χ4v) is 0.833. The van der Waals surface area contributed by atoms with Crippen LogP contribution in [0.5, 0.6) is 0 Å². The molecule has 1 heterocycles. The van der Waals surface area contributed by atoms with Gasteiger partial charge in [0.2, 0.25) is 5.95 Å². The standard InChI is InChI=1S/C7H14N6O2/c1-11(2)5-8-6(12(3)14)10-7(9-5)13(4)15/h14-15H,1-4H3. The summed E-state index contributed by atoms with van der Waals surface area (Å²) >= 11 is 0. The van der Waals surface area contributed by atoms with Crippen molar-refractivity contribution < 1.29 is 10.4 Å². The van der Waals surface area contributed by atoms with Crippen LogP contribution in [0.2, 0.25) is 0 Å². The van der Waals surface area contributed by atoms with Gasteiger partial charge in [0.15, 0.2) is 0 Å². The number of rotatable bonds is 3. The van der Waals surface area contributed by atoms with Crippen molar-refractivity contribution in [1.29, 1.82) is 0 Å². The number of hydrogen-bond acceptors (Lipinski definition) is 8. The van der Waals surface area contributed by atoms with Crippen molar-refractivity contribution in [2.75, 3.05) is 43.2 Å². The minimum absolute atomic E-state index is 0.0598. The lowest BCUT2D eigenvalue weighted by Gasteiger charge is -2.16. The van der Waals surface area contributed by atoms with E-state index < -0.39 is 0 Å². The van der Waals surface area contributed by atoms with Gasteiger partial charge in [-0.2, -0.15) is 15.0 Å². The normalized spacial score (nSPS) is 10.0. The maximum absolute atomic E-state index is 9.20. The molecule has 1 aromatic rings. The Morgan fingerprint density at radius 3 is 1.33 bits per heavy atom. The van der Waals surface area contributed by atoms with Crippen molar-refractivity contribution >= 4 is 17.8 Å². The zero-order chi connectivity index (χ0) is 11.6. The van der Waals surface area contributed by atoms with Gasteiger partial charge in [0.1, 0.15) is 0 Å². The summed E-state index contributed by atoms with van der Waals surface area (Å²) in [6, 6.07) is 0. The van der Waals surface area contributed by atoms with Gasteiger partial charge < -0.3 is 4.90 Å². The fraction of sp³-hybridized carbons (Fsp3) is 0.571. The number of hydrogen-bond donors (Lipinski definition) is 2. The maximum Gasteiger partial charge on any atom is 0.256 e. The Morgan fingerprint density at radius 1 is 0.733 bits per heavy atom. The summed E-state index contributed by atoms with van der Waals surface area (Å²) in [6.45, 7) is 0. The average Bonchev–Trinajstić information content (AvgIpc) is 2.16. The van der Waals surface area contributed by atoms with Crippen molar-refractivity contribution in [2.24, 2.45) is 0 Å². The van der Waals surface area contributed by atoms with Crippen molar-refractivity contribution in [3.63, 3.8) is 0 Å². The van der Waals surface area contributed by atoms with Crippen LogP contribution >= 0.6 is 0 Å². The molecular weight excluding hydrogens is 200 g/mol. The van der Waals surface area contributed by atoms with E-state index in [0.717, 1.165) is 10.1 Å². The molecule has 0 fully saturated rings. The van der Waals surface area contributed by atoms with Crippen LogP contribution in [0.1, 0.15) is 0 Å². The predicted molar refractivity (Wildman–Crippen MR) is 54.5 cm³/mol. The van der Waals surface area contributed by atoms with Crippen LogP contribution in [0, 0.1) is 0 Å². The second-order valence-corrected chi connectivity index (χ2v) is 3.18. The summed E-state index contributed by atoms with van der Waals surface area (Å²) in [5.74, 6) is 0.464. The van der Waals surface area contributed by atoms with E-state index in [1.807, 2.05) is 0 Å². The molecule has 0 bridgehead atoms. The summed E-state index contributed by atoms with van der Waals surface area (Å²) in [4.78, 5) is 13.4. The minimum atomic E-state index is 0.0598. The quantitative estimate of drug-likeness (QED) is 0.656. The molecule has 0 spiro atoms. The van der Waals surface area contributed by atoms with E-state index in [2.05, 4.69) is 15.0 Å². The van der Waals surface area contributed by atoms with Gasteiger partial charge in [-0.05, 0) is 0 Å². The van der Waals surface area contributed by atoms with Gasteiger partial charge in [-0.25, -0.2) is 10.1 Å². The lowest BCUT2D eigenvalue weighted by atomic mass is 10.7. The number of aromatic nitrogens is 3. The number of nitrogens with zero attached hydrogens (tertiary/aromatic N) is 6. The van der Waals surface area contributed by atoms with Crippen molar-refractivity contribution in [1.82, 2.24) is 15.0 Å². The predicted octanol–water partition coefficient (Wildman–Crippen LogP) is -0.412. The molecule has 0 aliphatic carbocycles. The van der Waals surface area contributed by atoms with Crippen LogP contribution < -0.4 is 15.0 Å². The molecule has 8 nitrogen and oxygen atoms in total. The highest BCUT2D eigenvalue weighted by Crippen LogP contribution is 2.14. The monoisotopic (exact) mass is 214 g/mol. The van der Waals surface area contributed by atoms with Gasteiger partial charge in [-0.15, -0.1) is 0 Å². The minimum Gasteiger partial charge on any atom is -0.347 e. The Balaban J connectivity index is 3.20.